The summed E-state index contributed by atoms with van der Waals surface area (Å²) in [6, 6.07) is 1.16. The number of hydrogen-bond acceptors (Lipinski definition) is 8. The molecule has 2 amide bonds. The maximum Gasteiger partial charge on any atom is 0.417 e. The van der Waals surface area contributed by atoms with Crippen LogP contribution in [0.2, 0.25) is 0 Å². The van der Waals surface area contributed by atoms with Gasteiger partial charge in [-0.3, -0.25) is 9.78 Å². The number of hydrogen-bond donors (Lipinski definition) is 2. The zero-order valence-electron chi connectivity index (χ0n) is 24.4. The van der Waals surface area contributed by atoms with Gasteiger partial charge < -0.3 is 34.4 Å². The highest BCUT2D eigenvalue weighted by Crippen LogP contribution is 2.51. The SMILES string of the molecule is COC1COCCC1NC1CC2CN(C(=O)OCCC(C)(C)O)CC2(C(=O)N2CCc3ncc(C(F)(F)F)cc3C2)C1. The van der Waals surface area contributed by atoms with Crippen molar-refractivity contribution in [1.82, 2.24) is 20.1 Å². The van der Waals surface area contributed by atoms with Gasteiger partial charge in [-0.1, -0.05) is 0 Å². The van der Waals surface area contributed by atoms with Crippen LogP contribution in [-0.2, 0) is 38.1 Å². The molecule has 0 spiro atoms. The Labute approximate surface area is 243 Å². The van der Waals surface area contributed by atoms with Gasteiger partial charge in [-0.2, -0.15) is 13.2 Å². The smallest absolute Gasteiger partial charge is 0.417 e. The largest absolute Gasteiger partial charge is 0.449 e. The summed E-state index contributed by atoms with van der Waals surface area (Å²) >= 11 is 0. The third kappa shape index (κ3) is 6.53. The summed E-state index contributed by atoms with van der Waals surface area (Å²) in [6.45, 7) is 5.32. The fourth-order valence-corrected chi connectivity index (χ4v) is 6.95. The van der Waals surface area contributed by atoms with E-state index in [9.17, 15) is 27.9 Å². The molecule has 1 aromatic rings. The maximum absolute atomic E-state index is 14.4. The molecule has 5 unspecified atom stereocenters. The molecule has 2 N–H and O–H groups in total. The van der Waals surface area contributed by atoms with E-state index in [-0.39, 0.29) is 56.1 Å². The van der Waals surface area contributed by atoms with E-state index in [0.717, 1.165) is 18.7 Å². The molecule has 13 heteroatoms. The van der Waals surface area contributed by atoms with Gasteiger partial charge in [0.2, 0.25) is 5.91 Å². The average Bonchev–Trinajstić information content (AvgIpc) is 3.46. The van der Waals surface area contributed by atoms with E-state index in [1.807, 2.05) is 0 Å². The maximum atomic E-state index is 14.4. The van der Waals surface area contributed by atoms with Gasteiger partial charge >= 0.3 is 12.3 Å². The van der Waals surface area contributed by atoms with Crippen molar-refractivity contribution < 1.29 is 42.1 Å². The second kappa shape index (κ2) is 11.9. The Morgan fingerprint density at radius 1 is 1.29 bits per heavy atom. The number of carbonyl (C=O) groups is 2. The number of aliphatic hydroxyl groups is 1. The first kappa shape index (κ1) is 31.0. The molecule has 1 saturated carbocycles. The molecule has 2 saturated heterocycles. The van der Waals surface area contributed by atoms with Crippen molar-refractivity contribution in [3.8, 4) is 0 Å². The Bertz CT molecular complexity index is 1160. The first-order chi connectivity index (χ1) is 19.8. The topological polar surface area (TPSA) is 113 Å². The average molecular weight is 599 g/mol. The lowest BCUT2D eigenvalue weighted by atomic mass is 9.78. The van der Waals surface area contributed by atoms with Gasteiger partial charge in [0.25, 0.3) is 0 Å². The normalized spacial score (nSPS) is 29.8. The number of fused-ring (bicyclic) bond motifs is 2. The number of amides is 2. The number of halogens is 3. The molecule has 0 radical (unpaired) electrons. The number of pyridine rings is 1. The summed E-state index contributed by atoms with van der Waals surface area (Å²) in [4.78, 5) is 34.6. The molecule has 4 aliphatic rings. The number of rotatable bonds is 7. The van der Waals surface area contributed by atoms with Gasteiger partial charge in [0.05, 0.1) is 35.9 Å². The third-order valence-corrected chi connectivity index (χ3v) is 9.21. The molecule has 3 aliphatic heterocycles. The Hall–Kier alpha value is -2.48. The lowest BCUT2D eigenvalue weighted by molar-refractivity contribution is -0.143. The van der Waals surface area contributed by atoms with Crippen LogP contribution in [0.4, 0.5) is 18.0 Å². The van der Waals surface area contributed by atoms with Gasteiger partial charge in [0.1, 0.15) is 0 Å². The van der Waals surface area contributed by atoms with Crippen LogP contribution in [0.15, 0.2) is 12.3 Å². The molecule has 0 bridgehead atoms. The standard InChI is InChI=1S/C29H41F3N4O6/c1-27(2,39)6-9-42-26(38)36-15-20-11-21(34-23-5-8-41-16-24(23)40-3)12-28(20,17-36)25(37)35-7-4-22-18(14-35)10-19(13-33-22)29(30,31)32/h10,13,20-21,23-24,34,39H,4-9,11-12,14-17H2,1-3H3. The zero-order chi connectivity index (χ0) is 30.3. The van der Waals surface area contributed by atoms with Crippen molar-refractivity contribution in [2.45, 2.75) is 82.5 Å². The Balaban J connectivity index is 1.34. The van der Waals surface area contributed by atoms with Crippen LogP contribution in [0.25, 0.3) is 0 Å². The van der Waals surface area contributed by atoms with Gasteiger partial charge in [-0.05, 0) is 50.7 Å². The van der Waals surface area contributed by atoms with Crippen LogP contribution in [0.5, 0.6) is 0 Å². The number of ether oxygens (including phenoxy) is 3. The molecular formula is C29H41F3N4O6. The predicted molar refractivity (Wildman–Crippen MR) is 144 cm³/mol. The second-order valence-corrected chi connectivity index (χ2v) is 12.8. The number of alkyl halides is 3. The van der Waals surface area contributed by atoms with Crippen molar-refractivity contribution in [2.24, 2.45) is 11.3 Å². The van der Waals surface area contributed by atoms with Gasteiger partial charge in [-0.25, -0.2) is 4.79 Å². The molecule has 42 heavy (non-hydrogen) atoms. The number of nitrogens with zero attached hydrogens (tertiary/aromatic N) is 3. The summed E-state index contributed by atoms with van der Waals surface area (Å²) < 4.78 is 56.8. The van der Waals surface area contributed by atoms with Crippen LogP contribution in [0.1, 0.15) is 56.4 Å². The fourth-order valence-electron chi connectivity index (χ4n) is 6.95. The van der Waals surface area contributed by atoms with E-state index < -0.39 is 28.8 Å². The predicted octanol–water partition coefficient (Wildman–Crippen LogP) is 2.76. The van der Waals surface area contributed by atoms with Crippen molar-refractivity contribution in [2.75, 3.05) is 46.6 Å². The highest BCUT2D eigenvalue weighted by atomic mass is 19.4. The minimum Gasteiger partial charge on any atom is -0.449 e. The highest BCUT2D eigenvalue weighted by Gasteiger charge is 2.60. The number of carbonyl (C=O) groups excluding carboxylic acids is 2. The summed E-state index contributed by atoms with van der Waals surface area (Å²) in [7, 11) is 1.65. The summed E-state index contributed by atoms with van der Waals surface area (Å²) in [5.41, 5.74) is -1.74. The molecule has 234 valence electrons. The van der Waals surface area contributed by atoms with Gasteiger partial charge in [-0.15, -0.1) is 0 Å². The molecule has 4 heterocycles. The number of aromatic nitrogens is 1. The van der Waals surface area contributed by atoms with Crippen LogP contribution < -0.4 is 5.32 Å². The quantitative estimate of drug-likeness (QED) is 0.493. The van der Waals surface area contributed by atoms with E-state index >= 15 is 0 Å². The van der Waals surface area contributed by atoms with Crippen LogP contribution in [-0.4, -0.2) is 102 Å². The first-order valence-electron chi connectivity index (χ1n) is 14.6. The lowest BCUT2D eigenvalue weighted by Crippen LogP contribution is -2.52. The molecule has 0 aromatic carbocycles. The second-order valence-electron chi connectivity index (χ2n) is 12.8. The summed E-state index contributed by atoms with van der Waals surface area (Å²) in [5.74, 6) is -0.298. The van der Waals surface area contributed by atoms with Gasteiger partial charge in [0.15, 0.2) is 0 Å². The lowest BCUT2D eigenvalue weighted by Gasteiger charge is -2.37. The summed E-state index contributed by atoms with van der Waals surface area (Å²) in [5, 5.41) is 13.7. The van der Waals surface area contributed by atoms with Crippen molar-refractivity contribution in [3.63, 3.8) is 0 Å². The van der Waals surface area contributed by atoms with Crippen LogP contribution >= 0.6 is 0 Å². The fraction of sp³-hybridized carbons (Fsp3) is 0.759. The van der Waals surface area contributed by atoms with Crippen LogP contribution in [0.3, 0.4) is 0 Å². The van der Waals surface area contributed by atoms with Crippen molar-refractivity contribution >= 4 is 12.0 Å². The van der Waals surface area contributed by atoms with Gasteiger partial charge in [0, 0.05) is 76.7 Å². The third-order valence-electron chi connectivity index (χ3n) is 9.21. The number of likely N-dealkylation sites (tertiary alicyclic amines) is 1. The molecule has 10 nitrogen and oxygen atoms in total. The monoisotopic (exact) mass is 598 g/mol. The molecule has 1 aliphatic carbocycles. The van der Waals surface area contributed by atoms with Crippen molar-refractivity contribution in [1.29, 1.82) is 0 Å². The van der Waals surface area contributed by atoms with E-state index in [2.05, 4.69) is 10.3 Å². The minimum atomic E-state index is -4.52. The van der Waals surface area contributed by atoms with Crippen molar-refractivity contribution in [3.05, 3.63) is 29.1 Å². The molecule has 3 fully saturated rings. The first-order valence-corrected chi connectivity index (χ1v) is 14.6. The minimum absolute atomic E-state index is 0.00336. The van der Waals surface area contributed by atoms with E-state index in [1.54, 1.807) is 30.8 Å². The number of nitrogens with one attached hydrogen (secondary N) is 1. The zero-order valence-corrected chi connectivity index (χ0v) is 24.4. The Morgan fingerprint density at radius 3 is 2.79 bits per heavy atom. The Kier molecular flexibility index (Phi) is 8.77. The Morgan fingerprint density at radius 2 is 2.07 bits per heavy atom. The molecule has 5 atom stereocenters. The van der Waals surface area contributed by atoms with E-state index in [4.69, 9.17) is 14.2 Å². The molecular weight excluding hydrogens is 557 g/mol. The molecule has 5 rings (SSSR count). The number of methoxy groups -OCH3 is 1. The van der Waals surface area contributed by atoms with E-state index in [1.165, 1.54) is 0 Å². The highest BCUT2D eigenvalue weighted by molar-refractivity contribution is 5.86. The van der Waals surface area contributed by atoms with E-state index in [0.29, 0.717) is 56.8 Å². The molecule has 1 aromatic heterocycles. The van der Waals surface area contributed by atoms with Crippen LogP contribution in [0, 0.1) is 11.3 Å². The summed E-state index contributed by atoms with van der Waals surface area (Å²) in [6.07, 6.45) is -1.75.